The molecule has 1 amide bonds. The molecule has 0 saturated heterocycles. The summed E-state index contributed by atoms with van der Waals surface area (Å²) in [6.45, 7) is 1.60. The number of esters is 1. The first kappa shape index (κ1) is 21.3. The Morgan fingerprint density at radius 2 is 2.03 bits per heavy atom. The van der Waals surface area contributed by atoms with Crippen LogP contribution >= 0.6 is 0 Å². The van der Waals surface area contributed by atoms with Crippen LogP contribution in [0.25, 0.3) is 6.08 Å². The van der Waals surface area contributed by atoms with Crippen molar-refractivity contribution in [2.45, 2.75) is 26.2 Å². The van der Waals surface area contributed by atoms with Gasteiger partial charge >= 0.3 is 5.97 Å². The van der Waals surface area contributed by atoms with Crippen molar-refractivity contribution in [2.24, 2.45) is 0 Å². The van der Waals surface area contributed by atoms with E-state index < -0.39 is 23.7 Å². The van der Waals surface area contributed by atoms with Gasteiger partial charge in [0.25, 0.3) is 0 Å². The summed E-state index contributed by atoms with van der Waals surface area (Å²) in [4.78, 5) is 24.3. The monoisotopic (exact) mass is 415 g/mol. The van der Waals surface area contributed by atoms with Crippen molar-refractivity contribution in [1.82, 2.24) is 5.32 Å². The number of nitrogens with one attached hydrogen (secondary N) is 1. The Morgan fingerprint density at radius 3 is 2.77 bits per heavy atom. The average Bonchev–Trinajstić information content (AvgIpc) is 2.76. The number of ether oxygens (including phenoxy) is 4. The molecule has 30 heavy (non-hydrogen) atoms. The Kier molecular flexibility index (Phi) is 7.03. The summed E-state index contributed by atoms with van der Waals surface area (Å²) in [7, 11) is 1.57. The first-order valence-electron chi connectivity index (χ1n) is 9.27. The van der Waals surface area contributed by atoms with E-state index in [1.54, 1.807) is 37.5 Å². The molecule has 7 nitrogen and oxygen atoms in total. The van der Waals surface area contributed by atoms with E-state index in [-0.39, 0.29) is 20.0 Å². The van der Waals surface area contributed by atoms with Crippen LogP contribution in [0.3, 0.4) is 0 Å². The third kappa shape index (κ3) is 5.57. The second-order valence-electron chi connectivity index (χ2n) is 6.61. The van der Waals surface area contributed by atoms with Crippen LogP contribution in [-0.2, 0) is 32.3 Å². The molecule has 8 heteroatoms. The minimum atomic E-state index is -0.883. The van der Waals surface area contributed by atoms with Gasteiger partial charge in [0.2, 0.25) is 5.91 Å². The average molecular weight is 415 g/mol. The van der Waals surface area contributed by atoms with Crippen LogP contribution in [0.4, 0.5) is 4.39 Å². The van der Waals surface area contributed by atoms with E-state index in [9.17, 15) is 14.0 Å². The van der Waals surface area contributed by atoms with Crippen molar-refractivity contribution in [3.05, 3.63) is 65.0 Å². The molecule has 158 valence electrons. The molecule has 1 N–H and O–H groups in total. The largest absolute Gasteiger partial charge is 0.497 e. The zero-order valence-electron chi connectivity index (χ0n) is 16.6. The van der Waals surface area contributed by atoms with E-state index in [0.29, 0.717) is 22.6 Å². The minimum absolute atomic E-state index is 0.0482. The topological polar surface area (TPSA) is 83.1 Å². The van der Waals surface area contributed by atoms with Gasteiger partial charge in [0, 0.05) is 17.2 Å². The van der Waals surface area contributed by atoms with Crippen LogP contribution in [0, 0.1) is 5.82 Å². The molecule has 0 fully saturated rings. The molecule has 2 aromatic rings. The van der Waals surface area contributed by atoms with Crippen LogP contribution in [0.5, 0.6) is 11.5 Å². The van der Waals surface area contributed by atoms with E-state index in [1.807, 2.05) is 0 Å². The molecular weight excluding hydrogens is 393 g/mol. The summed E-state index contributed by atoms with van der Waals surface area (Å²) < 4.78 is 34.6. The van der Waals surface area contributed by atoms with Gasteiger partial charge in [-0.25, -0.2) is 9.18 Å². The smallest absolute Gasteiger partial charge is 0.328 e. The van der Waals surface area contributed by atoms with E-state index in [1.165, 1.54) is 25.1 Å². The molecule has 0 bridgehead atoms. The molecule has 1 heterocycles. The molecule has 0 aliphatic carbocycles. The van der Waals surface area contributed by atoms with Gasteiger partial charge in [-0.2, -0.15) is 0 Å². The summed E-state index contributed by atoms with van der Waals surface area (Å²) in [6.07, 6.45) is 2.94. The number of carbonyl (C=O) groups excluding carboxylic acids is 2. The molecule has 0 unspecified atom stereocenters. The van der Waals surface area contributed by atoms with Crippen LogP contribution in [0.15, 0.2) is 42.5 Å². The molecular formula is C22H22FNO6. The predicted molar refractivity (Wildman–Crippen MR) is 106 cm³/mol. The lowest BCUT2D eigenvalue weighted by Gasteiger charge is -2.21. The molecule has 1 atom stereocenters. The summed E-state index contributed by atoms with van der Waals surface area (Å²) in [5, 5.41) is 2.53. The zero-order valence-corrected chi connectivity index (χ0v) is 16.6. The number of methoxy groups -OCH3 is 1. The number of rotatable bonds is 7. The molecule has 0 radical (unpaired) electrons. The van der Waals surface area contributed by atoms with E-state index in [4.69, 9.17) is 18.9 Å². The van der Waals surface area contributed by atoms with Crippen molar-refractivity contribution < 1.29 is 32.9 Å². The third-order valence-electron chi connectivity index (χ3n) is 4.38. The first-order chi connectivity index (χ1) is 14.5. The van der Waals surface area contributed by atoms with Crippen molar-refractivity contribution in [1.29, 1.82) is 0 Å². The van der Waals surface area contributed by atoms with E-state index >= 15 is 0 Å². The normalized spacial score (nSPS) is 13.8. The van der Waals surface area contributed by atoms with Gasteiger partial charge in [-0.15, -0.1) is 0 Å². The van der Waals surface area contributed by atoms with Gasteiger partial charge in [-0.1, -0.05) is 12.1 Å². The number of benzene rings is 2. The highest BCUT2D eigenvalue weighted by Gasteiger charge is 2.20. The van der Waals surface area contributed by atoms with Gasteiger partial charge in [0.1, 0.15) is 30.0 Å². The molecule has 2 aromatic carbocycles. The highest BCUT2D eigenvalue weighted by atomic mass is 19.1. The molecule has 3 rings (SSSR count). The lowest BCUT2D eigenvalue weighted by atomic mass is 10.1. The third-order valence-corrected chi connectivity index (χ3v) is 4.38. The molecule has 0 spiro atoms. The fourth-order valence-electron chi connectivity index (χ4n) is 2.85. The maximum atomic E-state index is 13.8. The summed E-state index contributed by atoms with van der Waals surface area (Å²) in [6, 6.07) is 8.83. The molecule has 0 saturated carbocycles. The SMILES string of the molecule is COc1ccc(/C=C/C(=O)N[C@@H](C)C(=O)OCc2cc(F)cc3c2OCOC3)cc1. The highest BCUT2D eigenvalue weighted by molar-refractivity contribution is 5.94. The van der Waals surface area contributed by atoms with E-state index in [2.05, 4.69) is 5.32 Å². The van der Waals surface area contributed by atoms with Crippen molar-refractivity contribution in [3.8, 4) is 11.5 Å². The summed E-state index contributed by atoms with van der Waals surface area (Å²) in [5.74, 6) is -0.399. The Bertz CT molecular complexity index is 941. The number of fused-ring (bicyclic) bond motifs is 1. The Labute approximate surface area is 173 Å². The van der Waals surface area contributed by atoms with Crippen LogP contribution in [0.1, 0.15) is 23.6 Å². The standard InChI is InChI=1S/C22H22FNO6/c1-14(24-20(25)8-5-15-3-6-19(27-2)7-4-15)22(26)29-12-17-10-18(23)9-16-11-28-13-30-21(16)17/h3-10,14H,11-13H2,1-2H3,(H,24,25)/b8-5+/t14-/m0/s1. The maximum Gasteiger partial charge on any atom is 0.328 e. The van der Waals surface area contributed by atoms with E-state index in [0.717, 1.165) is 5.56 Å². The van der Waals surface area contributed by atoms with Gasteiger partial charge in [-0.05, 0) is 42.8 Å². The molecule has 1 aliphatic heterocycles. The highest BCUT2D eigenvalue weighted by Crippen LogP contribution is 2.30. The number of hydrogen-bond acceptors (Lipinski definition) is 6. The summed E-state index contributed by atoms with van der Waals surface area (Å²) >= 11 is 0. The molecule has 1 aliphatic rings. The number of amides is 1. The maximum absolute atomic E-state index is 13.8. The van der Waals surface area contributed by atoms with Gasteiger partial charge < -0.3 is 24.3 Å². The fraction of sp³-hybridized carbons (Fsp3) is 0.273. The van der Waals surface area contributed by atoms with Crippen molar-refractivity contribution in [2.75, 3.05) is 13.9 Å². The summed E-state index contributed by atoms with van der Waals surface area (Å²) in [5.41, 5.74) is 1.76. The zero-order chi connectivity index (χ0) is 21.5. The Balaban J connectivity index is 1.52. The lowest BCUT2D eigenvalue weighted by Crippen LogP contribution is -2.38. The quantitative estimate of drug-likeness (QED) is 0.553. The van der Waals surface area contributed by atoms with Crippen LogP contribution in [0.2, 0.25) is 0 Å². The van der Waals surface area contributed by atoms with Crippen molar-refractivity contribution in [3.63, 3.8) is 0 Å². The second-order valence-corrected chi connectivity index (χ2v) is 6.61. The lowest BCUT2D eigenvalue weighted by molar-refractivity contribution is -0.148. The number of halogens is 1. The Morgan fingerprint density at radius 1 is 1.27 bits per heavy atom. The predicted octanol–water partition coefficient (Wildman–Crippen LogP) is 2.96. The minimum Gasteiger partial charge on any atom is -0.497 e. The fourth-order valence-corrected chi connectivity index (χ4v) is 2.85. The second kappa shape index (κ2) is 9.89. The number of carbonyl (C=O) groups is 2. The van der Waals surface area contributed by atoms with Gasteiger partial charge in [-0.3, -0.25) is 4.79 Å². The first-order valence-corrected chi connectivity index (χ1v) is 9.27. The molecule has 0 aromatic heterocycles. The van der Waals surface area contributed by atoms with Crippen LogP contribution < -0.4 is 14.8 Å². The van der Waals surface area contributed by atoms with Gasteiger partial charge in [0.05, 0.1) is 13.7 Å². The number of hydrogen-bond donors (Lipinski definition) is 1. The van der Waals surface area contributed by atoms with Crippen LogP contribution in [-0.4, -0.2) is 31.8 Å². The Hall–Kier alpha value is -3.39. The van der Waals surface area contributed by atoms with Crippen molar-refractivity contribution >= 4 is 18.0 Å². The van der Waals surface area contributed by atoms with Gasteiger partial charge in [0.15, 0.2) is 6.79 Å².